The third-order valence-corrected chi connectivity index (χ3v) is 6.39. The Labute approximate surface area is 184 Å². The Hall–Kier alpha value is -2.54. The van der Waals surface area contributed by atoms with E-state index in [9.17, 15) is 4.79 Å². The summed E-state index contributed by atoms with van der Waals surface area (Å²) in [4.78, 5) is 31.3. The summed E-state index contributed by atoms with van der Waals surface area (Å²) in [6, 6.07) is 6.08. The van der Waals surface area contributed by atoms with Gasteiger partial charge in [-0.15, -0.1) is 0 Å². The Morgan fingerprint density at radius 1 is 1.23 bits per heavy atom. The van der Waals surface area contributed by atoms with Crippen molar-refractivity contribution in [2.45, 2.75) is 51.4 Å². The number of hydrogen-bond acceptors (Lipinski definition) is 6. The number of carbonyl (C=O) groups excluding carboxylic acids is 1. The van der Waals surface area contributed by atoms with Crippen LogP contribution < -0.4 is 4.90 Å². The Morgan fingerprint density at radius 2 is 2.13 bits per heavy atom. The monoisotopic (exact) mass is 423 g/mol. The molecule has 7 nitrogen and oxygen atoms in total. The van der Waals surface area contributed by atoms with Gasteiger partial charge >= 0.3 is 0 Å². The summed E-state index contributed by atoms with van der Waals surface area (Å²) >= 11 is 0. The highest BCUT2D eigenvalue weighted by Crippen LogP contribution is 2.31. The van der Waals surface area contributed by atoms with Crippen LogP contribution in [-0.2, 0) is 22.4 Å². The number of hydrogen-bond donors (Lipinski definition) is 0. The minimum atomic E-state index is 0.165. The van der Waals surface area contributed by atoms with E-state index in [2.05, 4.69) is 22.9 Å². The molecule has 0 bridgehead atoms. The first kappa shape index (κ1) is 21.7. The molecule has 166 valence electrons. The van der Waals surface area contributed by atoms with E-state index < -0.39 is 0 Å². The fourth-order valence-corrected chi connectivity index (χ4v) is 4.67. The summed E-state index contributed by atoms with van der Waals surface area (Å²) in [7, 11) is 1.63. The van der Waals surface area contributed by atoms with E-state index in [1.807, 2.05) is 23.2 Å². The summed E-state index contributed by atoms with van der Waals surface area (Å²) in [5.74, 6) is 2.35. The molecule has 1 atom stereocenters. The second-order valence-corrected chi connectivity index (χ2v) is 8.55. The highest BCUT2D eigenvalue weighted by Gasteiger charge is 2.29. The quantitative estimate of drug-likeness (QED) is 0.682. The normalized spacial score (nSPS) is 18.7. The van der Waals surface area contributed by atoms with Crippen LogP contribution in [0.4, 0.5) is 5.82 Å². The number of nitrogens with zero attached hydrogens (tertiary/aromatic N) is 5. The number of pyridine rings is 1. The van der Waals surface area contributed by atoms with Crippen molar-refractivity contribution in [3.63, 3.8) is 0 Å². The van der Waals surface area contributed by atoms with E-state index in [1.165, 1.54) is 5.56 Å². The van der Waals surface area contributed by atoms with Gasteiger partial charge in [-0.2, -0.15) is 0 Å². The molecule has 0 aromatic carbocycles. The van der Waals surface area contributed by atoms with E-state index in [0.29, 0.717) is 19.6 Å². The minimum absolute atomic E-state index is 0.165. The molecule has 1 amide bonds. The van der Waals surface area contributed by atoms with E-state index in [-0.39, 0.29) is 11.8 Å². The molecule has 2 aliphatic heterocycles. The third kappa shape index (κ3) is 5.21. The molecule has 1 fully saturated rings. The van der Waals surface area contributed by atoms with Gasteiger partial charge in [0.05, 0.1) is 13.0 Å². The van der Waals surface area contributed by atoms with Crippen molar-refractivity contribution in [2.75, 3.05) is 44.8 Å². The van der Waals surface area contributed by atoms with E-state index in [4.69, 9.17) is 14.7 Å². The average Bonchev–Trinajstić information content (AvgIpc) is 2.82. The summed E-state index contributed by atoms with van der Waals surface area (Å²) in [6.45, 7) is 6.03. The first-order valence-electron chi connectivity index (χ1n) is 11.4. The third-order valence-electron chi connectivity index (χ3n) is 6.39. The van der Waals surface area contributed by atoms with Gasteiger partial charge in [0, 0.05) is 68.8 Å². The van der Waals surface area contributed by atoms with Gasteiger partial charge in [0.2, 0.25) is 5.91 Å². The number of anilines is 1. The average molecular weight is 424 g/mol. The molecule has 0 radical (unpaired) electrons. The van der Waals surface area contributed by atoms with Crippen LogP contribution in [0.1, 0.15) is 54.4 Å². The van der Waals surface area contributed by atoms with Crippen molar-refractivity contribution in [3.8, 4) is 0 Å². The van der Waals surface area contributed by atoms with Gasteiger partial charge in [-0.05, 0) is 44.7 Å². The maximum absolute atomic E-state index is 12.5. The predicted octanol–water partition coefficient (Wildman–Crippen LogP) is 2.92. The molecule has 2 aliphatic rings. The maximum atomic E-state index is 12.5. The Balaban J connectivity index is 1.51. The zero-order valence-electron chi connectivity index (χ0n) is 18.7. The van der Waals surface area contributed by atoms with E-state index in [1.54, 1.807) is 7.11 Å². The summed E-state index contributed by atoms with van der Waals surface area (Å²) in [5, 5.41) is 0. The van der Waals surface area contributed by atoms with Crippen LogP contribution in [0.3, 0.4) is 0 Å². The molecular weight excluding hydrogens is 390 g/mol. The zero-order chi connectivity index (χ0) is 21.6. The van der Waals surface area contributed by atoms with Crippen LogP contribution in [-0.4, -0.2) is 65.7 Å². The summed E-state index contributed by atoms with van der Waals surface area (Å²) < 4.78 is 5.08. The molecule has 4 rings (SSSR count). The van der Waals surface area contributed by atoms with Crippen LogP contribution >= 0.6 is 0 Å². The first-order chi connectivity index (χ1) is 15.2. The van der Waals surface area contributed by atoms with E-state index in [0.717, 1.165) is 74.8 Å². The molecule has 2 aromatic heterocycles. The lowest BCUT2D eigenvalue weighted by atomic mass is 9.95. The molecule has 7 heteroatoms. The lowest BCUT2D eigenvalue weighted by Gasteiger charge is -2.34. The van der Waals surface area contributed by atoms with Crippen LogP contribution in [0.25, 0.3) is 0 Å². The molecular formula is C24H33N5O2. The number of rotatable bonds is 7. The molecule has 2 aromatic rings. The van der Waals surface area contributed by atoms with Crippen LogP contribution in [0, 0.1) is 6.92 Å². The predicted molar refractivity (Wildman–Crippen MR) is 120 cm³/mol. The minimum Gasteiger partial charge on any atom is -0.384 e. The molecule has 0 spiro atoms. The van der Waals surface area contributed by atoms with Crippen molar-refractivity contribution in [1.29, 1.82) is 0 Å². The van der Waals surface area contributed by atoms with Crippen LogP contribution in [0.2, 0.25) is 0 Å². The van der Waals surface area contributed by atoms with Crippen molar-refractivity contribution < 1.29 is 9.53 Å². The van der Waals surface area contributed by atoms with Crippen molar-refractivity contribution in [2.24, 2.45) is 0 Å². The number of aromatic nitrogens is 3. The SMILES string of the molecule is COCCC(=O)N1CCC[C@@H](c2nc(C)c3c(n2)N(CCc2ccccn2)CCC3)C1. The topological polar surface area (TPSA) is 71.5 Å². The highest BCUT2D eigenvalue weighted by atomic mass is 16.5. The maximum Gasteiger partial charge on any atom is 0.224 e. The van der Waals surface area contributed by atoms with Gasteiger partial charge in [-0.1, -0.05) is 6.07 Å². The number of likely N-dealkylation sites (tertiary alicyclic amines) is 1. The Kier molecular flexibility index (Phi) is 7.12. The van der Waals surface area contributed by atoms with Crippen molar-refractivity contribution >= 4 is 11.7 Å². The lowest BCUT2D eigenvalue weighted by Crippen LogP contribution is -2.40. The number of aryl methyl sites for hydroxylation is 1. The summed E-state index contributed by atoms with van der Waals surface area (Å²) in [6.07, 6.45) is 7.38. The molecule has 0 unspecified atom stereocenters. The van der Waals surface area contributed by atoms with Gasteiger partial charge < -0.3 is 14.5 Å². The number of amides is 1. The number of piperidine rings is 1. The smallest absolute Gasteiger partial charge is 0.224 e. The number of carbonyl (C=O) groups is 1. The fraction of sp³-hybridized carbons (Fsp3) is 0.583. The second kappa shape index (κ2) is 10.2. The second-order valence-electron chi connectivity index (χ2n) is 8.55. The molecule has 0 aliphatic carbocycles. The largest absolute Gasteiger partial charge is 0.384 e. The Bertz CT molecular complexity index is 889. The lowest BCUT2D eigenvalue weighted by molar-refractivity contribution is -0.133. The molecule has 4 heterocycles. The van der Waals surface area contributed by atoms with Gasteiger partial charge in [0.25, 0.3) is 0 Å². The van der Waals surface area contributed by atoms with Crippen molar-refractivity contribution in [1.82, 2.24) is 19.9 Å². The number of methoxy groups -OCH3 is 1. The Morgan fingerprint density at radius 3 is 2.94 bits per heavy atom. The van der Waals surface area contributed by atoms with Crippen LogP contribution in [0.15, 0.2) is 24.4 Å². The first-order valence-corrected chi connectivity index (χ1v) is 11.4. The number of ether oxygens (including phenoxy) is 1. The fourth-order valence-electron chi connectivity index (χ4n) is 4.67. The van der Waals surface area contributed by atoms with Gasteiger partial charge in [-0.25, -0.2) is 9.97 Å². The highest BCUT2D eigenvalue weighted by molar-refractivity contribution is 5.76. The van der Waals surface area contributed by atoms with Crippen LogP contribution in [0.5, 0.6) is 0 Å². The van der Waals surface area contributed by atoms with E-state index >= 15 is 0 Å². The van der Waals surface area contributed by atoms with Gasteiger partial charge in [0.15, 0.2) is 0 Å². The van der Waals surface area contributed by atoms with Crippen molar-refractivity contribution in [3.05, 3.63) is 47.2 Å². The number of fused-ring (bicyclic) bond motifs is 1. The zero-order valence-corrected chi connectivity index (χ0v) is 18.7. The molecule has 0 N–H and O–H groups in total. The molecule has 0 saturated carbocycles. The van der Waals surface area contributed by atoms with Gasteiger partial charge in [-0.3, -0.25) is 9.78 Å². The summed E-state index contributed by atoms with van der Waals surface area (Å²) in [5.41, 5.74) is 3.48. The molecule has 31 heavy (non-hydrogen) atoms. The van der Waals surface area contributed by atoms with Gasteiger partial charge in [0.1, 0.15) is 11.6 Å². The standard InChI is InChI=1S/C24H33N5O2/c1-18-21-9-6-13-28(15-10-20-8-3-4-12-25-20)24(21)27-23(26-18)19-7-5-14-29(17-19)22(30)11-16-31-2/h3-4,8,12,19H,5-7,9-11,13-17H2,1-2H3/t19-/m1/s1. The molecule has 1 saturated heterocycles.